The number of aryl methyl sites for hydroxylation is 1. The van der Waals surface area contributed by atoms with Gasteiger partial charge in [-0.1, -0.05) is 32.9 Å². The van der Waals surface area contributed by atoms with Crippen LogP contribution in [0.3, 0.4) is 0 Å². The van der Waals surface area contributed by atoms with Gasteiger partial charge in [0.25, 0.3) is 0 Å². The predicted octanol–water partition coefficient (Wildman–Crippen LogP) is 4.59. The lowest BCUT2D eigenvalue weighted by molar-refractivity contribution is 0.0593. The molecule has 0 fully saturated rings. The highest BCUT2D eigenvalue weighted by Crippen LogP contribution is 2.20. The molecule has 0 heterocycles. The molecular formula is C17H29FO3Si. The van der Waals surface area contributed by atoms with Gasteiger partial charge in [0.15, 0.2) is 0 Å². The minimum absolute atomic E-state index is 0.209. The van der Waals surface area contributed by atoms with Crippen molar-refractivity contribution in [2.24, 2.45) is 0 Å². The molecular weight excluding hydrogens is 299 g/mol. The molecule has 0 amide bonds. The van der Waals surface area contributed by atoms with Gasteiger partial charge in [-0.3, -0.25) is 0 Å². The average molecular weight is 329 g/mol. The Balaban J connectivity index is 2.72. The van der Waals surface area contributed by atoms with Crippen molar-refractivity contribution in [1.29, 1.82) is 0 Å². The molecule has 0 saturated heterocycles. The van der Waals surface area contributed by atoms with Crippen LogP contribution in [0.15, 0.2) is 24.3 Å². The van der Waals surface area contributed by atoms with E-state index in [-0.39, 0.29) is 5.82 Å². The van der Waals surface area contributed by atoms with Gasteiger partial charge in [-0.2, -0.15) is 0 Å². The van der Waals surface area contributed by atoms with Crippen LogP contribution in [-0.2, 0) is 19.7 Å². The van der Waals surface area contributed by atoms with Gasteiger partial charge in [-0.25, -0.2) is 4.39 Å². The Labute approximate surface area is 135 Å². The molecule has 126 valence electrons. The smallest absolute Gasteiger partial charge is 0.373 e. The Morgan fingerprint density at radius 2 is 1.27 bits per heavy atom. The molecule has 1 aromatic rings. The van der Waals surface area contributed by atoms with Gasteiger partial charge in [-0.05, 0) is 43.4 Å². The van der Waals surface area contributed by atoms with Crippen molar-refractivity contribution >= 4 is 8.80 Å². The Kier molecular flexibility index (Phi) is 9.55. The van der Waals surface area contributed by atoms with Crippen LogP contribution in [-0.4, -0.2) is 28.6 Å². The standard InChI is InChI=1S/C17H29FO3Si/c1-4-12-19-22(20-13-5-2,21-14-6-3)15-11-16-7-9-17(18)10-8-16/h7-10H,4-6,11-15H2,1-3H3. The van der Waals surface area contributed by atoms with Gasteiger partial charge in [-0.15, -0.1) is 0 Å². The van der Waals surface area contributed by atoms with E-state index in [0.29, 0.717) is 19.8 Å². The van der Waals surface area contributed by atoms with Gasteiger partial charge in [0, 0.05) is 25.9 Å². The minimum Gasteiger partial charge on any atom is -0.373 e. The molecule has 0 spiro atoms. The summed E-state index contributed by atoms with van der Waals surface area (Å²) in [7, 11) is -2.65. The van der Waals surface area contributed by atoms with Crippen molar-refractivity contribution in [1.82, 2.24) is 0 Å². The first-order chi connectivity index (χ1) is 10.7. The Bertz CT molecular complexity index is 376. The van der Waals surface area contributed by atoms with Crippen LogP contribution in [0.5, 0.6) is 0 Å². The zero-order valence-electron chi connectivity index (χ0n) is 14.1. The average Bonchev–Trinajstić information content (AvgIpc) is 2.55. The highest BCUT2D eigenvalue weighted by molar-refractivity contribution is 6.60. The molecule has 0 saturated carbocycles. The number of rotatable bonds is 12. The van der Waals surface area contributed by atoms with Crippen LogP contribution < -0.4 is 0 Å². The van der Waals surface area contributed by atoms with Crippen molar-refractivity contribution in [3.63, 3.8) is 0 Å². The van der Waals surface area contributed by atoms with Gasteiger partial charge in [0.2, 0.25) is 0 Å². The van der Waals surface area contributed by atoms with E-state index in [1.54, 1.807) is 0 Å². The Morgan fingerprint density at radius 1 is 0.818 bits per heavy atom. The molecule has 0 atom stereocenters. The van der Waals surface area contributed by atoms with Gasteiger partial charge < -0.3 is 13.3 Å². The van der Waals surface area contributed by atoms with Gasteiger partial charge in [0.05, 0.1) is 0 Å². The summed E-state index contributed by atoms with van der Waals surface area (Å²) in [6.07, 6.45) is 3.60. The van der Waals surface area contributed by atoms with Crippen LogP contribution >= 0.6 is 0 Å². The molecule has 0 aliphatic heterocycles. The molecule has 1 aromatic carbocycles. The van der Waals surface area contributed by atoms with Crippen molar-refractivity contribution in [3.05, 3.63) is 35.6 Å². The third-order valence-electron chi connectivity index (χ3n) is 3.21. The number of benzene rings is 1. The first kappa shape index (κ1) is 19.3. The summed E-state index contributed by atoms with van der Waals surface area (Å²) >= 11 is 0. The Morgan fingerprint density at radius 3 is 1.68 bits per heavy atom. The summed E-state index contributed by atoms with van der Waals surface area (Å²) in [4.78, 5) is 0. The molecule has 1 rings (SSSR count). The lowest BCUT2D eigenvalue weighted by Crippen LogP contribution is -2.47. The van der Waals surface area contributed by atoms with Crippen LogP contribution in [0.25, 0.3) is 0 Å². The van der Waals surface area contributed by atoms with E-state index >= 15 is 0 Å². The van der Waals surface area contributed by atoms with Gasteiger partial charge >= 0.3 is 8.80 Å². The van der Waals surface area contributed by atoms with E-state index in [1.165, 1.54) is 12.1 Å². The van der Waals surface area contributed by atoms with E-state index in [0.717, 1.165) is 37.3 Å². The lowest BCUT2D eigenvalue weighted by Gasteiger charge is -2.29. The second-order valence-electron chi connectivity index (χ2n) is 5.35. The van der Waals surface area contributed by atoms with Crippen molar-refractivity contribution in [3.8, 4) is 0 Å². The SMILES string of the molecule is CCCO[Si](CCc1ccc(F)cc1)(OCCC)OCCC. The Hall–Kier alpha value is -0.753. The monoisotopic (exact) mass is 328 g/mol. The van der Waals surface area contributed by atoms with E-state index in [1.807, 2.05) is 12.1 Å². The number of halogens is 1. The fourth-order valence-electron chi connectivity index (χ4n) is 2.06. The molecule has 0 unspecified atom stereocenters. The summed E-state index contributed by atoms with van der Waals surface area (Å²) in [5.74, 6) is -0.209. The summed E-state index contributed by atoms with van der Waals surface area (Å²) in [6.45, 7) is 8.21. The predicted molar refractivity (Wildman–Crippen MR) is 89.4 cm³/mol. The van der Waals surface area contributed by atoms with E-state index in [2.05, 4.69) is 20.8 Å². The maximum absolute atomic E-state index is 13.0. The molecule has 0 N–H and O–H groups in total. The van der Waals surface area contributed by atoms with Crippen molar-refractivity contribution in [2.75, 3.05) is 19.8 Å². The van der Waals surface area contributed by atoms with Gasteiger partial charge in [0.1, 0.15) is 5.82 Å². The van der Waals surface area contributed by atoms with E-state index < -0.39 is 8.80 Å². The quantitative estimate of drug-likeness (QED) is 0.525. The summed E-state index contributed by atoms with van der Waals surface area (Å²) < 4.78 is 31.1. The van der Waals surface area contributed by atoms with Crippen LogP contribution in [0, 0.1) is 5.82 Å². The summed E-state index contributed by atoms with van der Waals surface area (Å²) in [5, 5.41) is 0. The zero-order valence-corrected chi connectivity index (χ0v) is 15.1. The van der Waals surface area contributed by atoms with E-state index in [9.17, 15) is 4.39 Å². The first-order valence-corrected chi connectivity index (χ1v) is 10.2. The first-order valence-electron chi connectivity index (χ1n) is 8.32. The maximum atomic E-state index is 13.0. The lowest BCUT2D eigenvalue weighted by atomic mass is 10.2. The normalized spacial score (nSPS) is 11.8. The third kappa shape index (κ3) is 7.00. The largest absolute Gasteiger partial charge is 0.501 e. The van der Waals surface area contributed by atoms with Crippen molar-refractivity contribution < 1.29 is 17.7 Å². The van der Waals surface area contributed by atoms with Crippen LogP contribution in [0.1, 0.15) is 45.6 Å². The summed E-state index contributed by atoms with van der Waals surface area (Å²) in [6, 6.07) is 7.34. The third-order valence-corrected chi connectivity index (χ3v) is 6.01. The molecule has 0 aliphatic carbocycles. The molecule has 0 aromatic heterocycles. The number of hydrogen-bond donors (Lipinski definition) is 0. The molecule has 3 nitrogen and oxygen atoms in total. The van der Waals surface area contributed by atoms with Crippen LogP contribution in [0.2, 0.25) is 6.04 Å². The second-order valence-corrected chi connectivity index (χ2v) is 8.09. The molecule has 0 bridgehead atoms. The molecule has 0 radical (unpaired) electrons. The summed E-state index contributed by atoms with van der Waals surface area (Å²) in [5.41, 5.74) is 1.08. The van der Waals surface area contributed by atoms with E-state index in [4.69, 9.17) is 13.3 Å². The fraction of sp³-hybridized carbons (Fsp3) is 0.647. The second kappa shape index (κ2) is 10.9. The molecule has 22 heavy (non-hydrogen) atoms. The minimum atomic E-state index is -2.65. The topological polar surface area (TPSA) is 27.7 Å². The highest BCUT2D eigenvalue weighted by Gasteiger charge is 2.40. The highest BCUT2D eigenvalue weighted by atomic mass is 28.4. The molecule has 5 heteroatoms. The number of hydrogen-bond acceptors (Lipinski definition) is 3. The fourth-order valence-corrected chi connectivity index (χ4v) is 4.89. The maximum Gasteiger partial charge on any atom is 0.501 e. The van der Waals surface area contributed by atoms with Crippen molar-refractivity contribution in [2.45, 2.75) is 52.5 Å². The van der Waals surface area contributed by atoms with Crippen LogP contribution in [0.4, 0.5) is 4.39 Å². The molecule has 0 aliphatic rings. The zero-order chi connectivity index (χ0) is 16.3.